The maximum absolute atomic E-state index is 5.83. The molecule has 0 aliphatic rings. The van der Waals surface area contributed by atoms with Gasteiger partial charge in [-0.3, -0.25) is 0 Å². The van der Waals surface area contributed by atoms with Crippen LogP contribution in [0.4, 0.5) is 0 Å². The number of benzene rings is 1. The fraction of sp³-hybridized carbons (Fsp3) is 0.273. The van der Waals surface area contributed by atoms with Crippen molar-refractivity contribution in [1.82, 2.24) is 5.32 Å². The minimum atomic E-state index is 0.599. The molecule has 68 valence electrons. The molecule has 1 aromatic carbocycles. The fourth-order valence-electron chi connectivity index (χ4n) is 1.13. The first kappa shape index (κ1) is 10.1. The first-order chi connectivity index (χ1) is 6.24. The van der Waals surface area contributed by atoms with Crippen LogP contribution in [0.25, 0.3) is 0 Å². The van der Waals surface area contributed by atoms with Crippen molar-refractivity contribution in [1.29, 1.82) is 0 Å². The van der Waals surface area contributed by atoms with Crippen LogP contribution in [0, 0.1) is 19.3 Å². The van der Waals surface area contributed by atoms with E-state index in [4.69, 9.17) is 18.0 Å². The minimum Gasteiger partial charge on any atom is -0.302 e. The Bertz CT molecular complexity index is 325. The maximum Gasteiger partial charge on any atom is 0.0576 e. The lowest BCUT2D eigenvalue weighted by Gasteiger charge is -2.05. The smallest absolute Gasteiger partial charge is 0.0576 e. The molecule has 0 unspecified atom stereocenters. The lowest BCUT2D eigenvalue weighted by atomic mass is 10.1. The molecule has 0 radical (unpaired) electrons. The van der Waals surface area contributed by atoms with Crippen molar-refractivity contribution in [2.75, 3.05) is 6.54 Å². The highest BCUT2D eigenvalue weighted by Crippen LogP contribution is 2.14. The van der Waals surface area contributed by atoms with Gasteiger partial charge in [0.05, 0.1) is 6.54 Å². The van der Waals surface area contributed by atoms with E-state index < -0.39 is 0 Å². The molecular weight excluding hydrogens is 182 g/mol. The molecule has 0 amide bonds. The van der Waals surface area contributed by atoms with E-state index in [9.17, 15) is 0 Å². The molecule has 2 heteroatoms. The minimum absolute atomic E-state index is 0.599. The van der Waals surface area contributed by atoms with E-state index in [0.29, 0.717) is 6.54 Å². The zero-order chi connectivity index (χ0) is 9.68. The van der Waals surface area contributed by atoms with E-state index in [2.05, 4.69) is 11.2 Å². The molecule has 0 aliphatic carbocycles. The summed E-state index contributed by atoms with van der Waals surface area (Å²) in [6.45, 7) is 3.44. The standard InChI is InChI=1S/C11H12ClN/c1-3-6-13-8-10-4-5-11(12)7-9(10)2/h1,4-5,7,13H,6,8H2,2H3. The molecule has 0 bridgehead atoms. The molecule has 13 heavy (non-hydrogen) atoms. The largest absolute Gasteiger partial charge is 0.302 e. The Labute approximate surface area is 84.1 Å². The van der Waals surface area contributed by atoms with Gasteiger partial charge in [0.2, 0.25) is 0 Å². The van der Waals surface area contributed by atoms with Crippen LogP contribution in [0.2, 0.25) is 5.02 Å². The number of halogens is 1. The third-order valence-corrected chi connectivity index (χ3v) is 2.08. The van der Waals surface area contributed by atoms with Crippen molar-refractivity contribution in [3.8, 4) is 12.3 Å². The van der Waals surface area contributed by atoms with Crippen LogP contribution < -0.4 is 5.32 Å². The summed E-state index contributed by atoms with van der Waals surface area (Å²) in [7, 11) is 0. The van der Waals surface area contributed by atoms with Gasteiger partial charge in [-0.15, -0.1) is 6.42 Å². The lowest BCUT2D eigenvalue weighted by Crippen LogP contribution is -2.13. The quantitative estimate of drug-likeness (QED) is 0.574. The van der Waals surface area contributed by atoms with Crippen LogP contribution in [0.15, 0.2) is 18.2 Å². The van der Waals surface area contributed by atoms with Gasteiger partial charge in [0.25, 0.3) is 0 Å². The van der Waals surface area contributed by atoms with Crippen molar-refractivity contribution in [3.63, 3.8) is 0 Å². The molecule has 0 fully saturated rings. The summed E-state index contributed by atoms with van der Waals surface area (Å²) in [4.78, 5) is 0. The van der Waals surface area contributed by atoms with Gasteiger partial charge < -0.3 is 5.32 Å². The lowest BCUT2D eigenvalue weighted by molar-refractivity contribution is 0.766. The van der Waals surface area contributed by atoms with Crippen LogP contribution in [0.1, 0.15) is 11.1 Å². The van der Waals surface area contributed by atoms with Gasteiger partial charge in [0.15, 0.2) is 0 Å². The number of rotatable bonds is 3. The molecular formula is C11H12ClN. The normalized spacial score (nSPS) is 9.62. The number of hydrogen-bond acceptors (Lipinski definition) is 1. The van der Waals surface area contributed by atoms with Crippen LogP contribution >= 0.6 is 11.6 Å². The molecule has 1 aromatic rings. The fourth-order valence-corrected chi connectivity index (χ4v) is 1.35. The zero-order valence-corrected chi connectivity index (χ0v) is 8.36. The average Bonchev–Trinajstić information content (AvgIpc) is 2.09. The summed E-state index contributed by atoms with van der Waals surface area (Å²) in [6, 6.07) is 5.86. The molecule has 0 spiro atoms. The predicted molar refractivity (Wildman–Crippen MR) is 56.7 cm³/mol. The second kappa shape index (κ2) is 4.91. The van der Waals surface area contributed by atoms with E-state index in [0.717, 1.165) is 11.6 Å². The zero-order valence-electron chi connectivity index (χ0n) is 7.60. The van der Waals surface area contributed by atoms with Crippen molar-refractivity contribution in [2.24, 2.45) is 0 Å². The van der Waals surface area contributed by atoms with Crippen LogP contribution in [-0.2, 0) is 6.54 Å². The van der Waals surface area contributed by atoms with Crippen molar-refractivity contribution in [2.45, 2.75) is 13.5 Å². The summed E-state index contributed by atoms with van der Waals surface area (Å²) in [6.07, 6.45) is 5.12. The Kier molecular flexibility index (Phi) is 3.82. The summed E-state index contributed by atoms with van der Waals surface area (Å²) < 4.78 is 0. The summed E-state index contributed by atoms with van der Waals surface area (Å²) >= 11 is 5.83. The second-order valence-electron chi connectivity index (χ2n) is 2.88. The van der Waals surface area contributed by atoms with Crippen molar-refractivity contribution < 1.29 is 0 Å². The van der Waals surface area contributed by atoms with E-state index in [1.807, 2.05) is 25.1 Å². The van der Waals surface area contributed by atoms with E-state index in [1.54, 1.807) is 0 Å². The molecule has 0 atom stereocenters. The van der Waals surface area contributed by atoms with Gasteiger partial charge in [-0.2, -0.15) is 0 Å². The van der Waals surface area contributed by atoms with Crippen LogP contribution in [0.5, 0.6) is 0 Å². The second-order valence-corrected chi connectivity index (χ2v) is 3.31. The van der Waals surface area contributed by atoms with Crippen molar-refractivity contribution >= 4 is 11.6 Å². The summed E-state index contributed by atoms with van der Waals surface area (Å²) in [5.41, 5.74) is 2.43. The monoisotopic (exact) mass is 193 g/mol. The topological polar surface area (TPSA) is 12.0 Å². The number of aryl methyl sites for hydroxylation is 1. The van der Waals surface area contributed by atoms with Gasteiger partial charge >= 0.3 is 0 Å². The van der Waals surface area contributed by atoms with Crippen LogP contribution in [0.3, 0.4) is 0 Å². The highest BCUT2D eigenvalue weighted by molar-refractivity contribution is 6.30. The van der Waals surface area contributed by atoms with Gasteiger partial charge in [0, 0.05) is 11.6 Å². The van der Waals surface area contributed by atoms with Gasteiger partial charge in [-0.05, 0) is 30.2 Å². The Hall–Kier alpha value is -0.970. The molecule has 1 rings (SSSR count). The van der Waals surface area contributed by atoms with Crippen LogP contribution in [-0.4, -0.2) is 6.54 Å². The molecule has 0 aliphatic heterocycles. The van der Waals surface area contributed by atoms with Crippen molar-refractivity contribution in [3.05, 3.63) is 34.3 Å². The number of nitrogens with one attached hydrogen (secondary N) is 1. The molecule has 0 aromatic heterocycles. The number of terminal acetylenes is 1. The van der Waals surface area contributed by atoms with E-state index in [1.165, 1.54) is 11.1 Å². The van der Waals surface area contributed by atoms with Gasteiger partial charge in [-0.25, -0.2) is 0 Å². The Morgan fingerprint density at radius 2 is 2.31 bits per heavy atom. The van der Waals surface area contributed by atoms with Gasteiger partial charge in [-0.1, -0.05) is 23.6 Å². The third-order valence-electron chi connectivity index (χ3n) is 1.85. The molecule has 0 saturated heterocycles. The highest BCUT2D eigenvalue weighted by atomic mass is 35.5. The highest BCUT2D eigenvalue weighted by Gasteiger charge is 1.97. The first-order valence-corrected chi connectivity index (χ1v) is 4.51. The number of hydrogen-bond donors (Lipinski definition) is 1. The van der Waals surface area contributed by atoms with E-state index in [-0.39, 0.29) is 0 Å². The Balaban J connectivity index is 2.62. The van der Waals surface area contributed by atoms with Gasteiger partial charge in [0.1, 0.15) is 0 Å². The molecule has 0 heterocycles. The Morgan fingerprint density at radius 3 is 2.92 bits per heavy atom. The third kappa shape index (κ3) is 3.10. The first-order valence-electron chi connectivity index (χ1n) is 4.13. The molecule has 1 nitrogen and oxygen atoms in total. The average molecular weight is 194 g/mol. The Morgan fingerprint density at radius 1 is 1.54 bits per heavy atom. The van der Waals surface area contributed by atoms with E-state index >= 15 is 0 Å². The molecule has 0 saturated carbocycles. The summed E-state index contributed by atoms with van der Waals surface area (Å²) in [5, 5.41) is 3.91. The maximum atomic E-state index is 5.83. The molecule has 1 N–H and O–H groups in total. The summed E-state index contributed by atoms with van der Waals surface area (Å²) in [5.74, 6) is 2.53. The predicted octanol–water partition coefficient (Wildman–Crippen LogP) is 2.37. The SMILES string of the molecule is C#CCNCc1ccc(Cl)cc1C.